The Labute approximate surface area is 123 Å². The number of aliphatic hydroxyl groups excluding tert-OH is 1. The Hall–Kier alpha value is -1.17. The fourth-order valence-corrected chi connectivity index (χ4v) is 2.79. The number of hydrogen-bond acceptors (Lipinski definition) is 4. The molecule has 0 spiro atoms. The molecule has 2 rings (SSSR count). The molecular formula is C14H19ClN2O3. The highest BCUT2D eigenvalue weighted by Crippen LogP contribution is 2.24. The summed E-state index contributed by atoms with van der Waals surface area (Å²) >= 11 is 5.79. The van der Waals surface area contributed by atoms with Gasteiger partial charge in [0, 0.05) is 29.2 Å². The molecular weight excluding hydrogens is 280 g/mol. The van der Waals surface area contributed by atoms with E-state index in [-0.39, 0.29) is 17.8 Å². The van der Waals surface area contributed by atoms with Gasteiger partial charge in [0.15, 0.2) is 0 Å². The number of halogens is 1. The van der Waals surface area contributed by atoms with E-state index in [0.29, 0.717) is 17.1 Å². The highest BCUT2D eigenvalue weighted by Gasteiger charge is 2.22. The fourth-order valence-electron chi connectivity index (χ4n) is 2.62. The molecule has 110 valence electrons. The normalized spacial score (nSPS) is 23.3. The molecule has 0 amide bonds. The molecule has 1 fully saturated rings. The highest BCUT2D eigenvalue weighted by atomic mass is 35.5. The maximum absolute atomic E-state index is 11.0. The van der Waals surface area contributed by atoms with E-state index in [4.69, 9.17) is 11.6 Å². The number of nitro benzene ring substituents is 1. The summed E-state index contributed by atoms with van der Waals surface area (Å²) in [5.74, 6) is 0. The van der Waals surface area contributed by atoms with Crippen LogP contribution in [0.2, 0.25) is 5.02 Å². The summed E-state index contributed by atoms with van der Waals surface area (Å²) < 4.78 is 0. The summed E-state index contributed by atoms with van der Waals surface area (Å²) in [7, 11) is 0. The van der Waals surface area contributed by atoms with Gasteiger partial charge in [0.1, 0.15) is 0 Å². The van der Waals surface area contributed by atoms with Crippen molar-refractivity contribution in [2.75, 3.05) is 0 Å². The Balaban J connectivity index is 2.04. The zero-order valence-corrected chi connectivity index (χ0v) is 12.0. The third-order valence-corrected chi connectivity index (χ3v) is 4.01. The van der Waals surface area contributed by atoms with Crippen molar-refractivity contribution >= 4 is 17.3 Å². The molecule has 2 N–H and O–H groups in total. The van der Waals surface area contributed by atoms with Gasteiger partial charge in [-0.3, -0.25) is 10.1 Å². The largest absolute Gasteiger partial charge is 0.392 e. The second-order valence-electron chi connectivity index (χ2n) is 5.22. The van der Waals surface area contributed by atoms with Gasteiger partial charge in [-0.1, -0.05) is 30.9 Å². The first kappa shape index (κ1) is 15.2. The van der Waals surface area contributed by atoms with Crippen LogP contribution in [0.4, 0.5) is 5.69 Å². The van der Waals surface area contributed by atoms with E-state index in [0.717, 1.165) is 32.1 Å². The molecule has 0 radical (unpaired) electrons. The van der Waals surface area contributed by atoms with Gasteiger partial charge < -0.3 is 10.4 Å². The smallest absolute Gasteiger partial charge is 0.275 e. The highest BCUT2D eigenvalue weighted by molar-refractivity contribution is 6.30. The van der Waals surface area contributed by atoms with Crippen molar-refractivity contribution < 1.29 is 10.0 Å². The third-order valence-electron chi connectivity index (χ3n) is 3.78. The van der Waals surface area contributed by atoms with E-state index >= 15 is 0 Å². The van der Waals surface area contributed by atoms with Gasteiger partial charge in [-0.25, -0.2) is 0 Å². The molecule has 0 aliphatic heterocycles. The molecule has 0 heterocycles. The third kappa shape index (κ3) is 3.91. The number of nitro groups is 1. The monoisotopic (exact) mass is 298 g/mol. The van der Waals surface area contributed by atoms with Crippen LogP contribution in [0.5, 0.6) is 0 Å². The van der Waals surface area contributed by atoms with Gasteiger partial charge in [0.2, 0.25) is 0 Å². The Morgan fingerprint density at radius 3 is 2.85 bits per heavy atom. The number of nitrogens with one attached hydrogen (secondary N) is 1. The lowest BCUT2D eigenvalue weighted by molar-refractivity contribution is -0.385. The van der Waals surface area contributed by atoms with E-state index in [2.05, 4.69) is 5.32 Å². The molecule has 20 heavy (non-hydrogen) atoms. The van der Waals surface area contributed by atoms with E-state index in [9.17, 15) is 15.2 Å². The van der Waals surface area contributed by atoms with Crippen molar-refractivity contribution in [2.45, 2.75) is 50.8 Å². The summed E-state index contributed by atoms with van der Waals surface area (Å²) in [6.45, 7) is 0.370. The lowest BCUT2D eigenvalue weighted by Gasteiger charge is -2.21. The van der Waals surface area contributed by atoms with Crippen LogP contribution in [0, 0.1) is 10.1 Å². The summed E-state index contributed by atoms with van der Waals surface area (Å²) in [6, 6.07) is 4.68. The molecule has 1 saturated carbocycles. The van der Waals surface area contributed by atoms with Crippen LogP contribution in [0.1, 0.15) is 37.7 Å². The standard InChI is InChI=1S/C14H19ClN2O3/c15-11-7-6-10(13(8-11)17(19)20)9-16-12-4-2-1-3-5-14(12)18/h6-8,12,14,16,18H,1-5,9H2. The van der Waals surface area contributed by atoms with Gasteiger partial charge in [-0.2, -0.15) is 0 Å². The number of aliphatic hydroxyl groups is 1. The summed E-state index contributed by atoms with van der Waals surface area (Å²) in [4.78, 5) is 10.6. The predicted molar refractivity (Wildman–Crippen MR) is 77.8 cm³/mol. The van der Waals surface area contributed by atoms with E-state index in [1.165, 1.54) is 6.07 Å². The second kappa shape index (κ2) is 7.02. The van der Waals surface area contributed by atoms with E-state index in [1.54, 1.807) is 12.1 Å². The van der Waals surface area contributed by atoms with Crippen LogP contribution in [0.3, 0.4) is 0 Å². The predicted octanol–water partition coefficient (Wildman–Crippen LogP) is 3.03. The van der Waals surface area contributed by atoms with Crippen molar-refractivity contribution in [1.29, 1.82) is 0 Å². The number of hydrogen-bond donors (Lipinski definition) is 2. The van der Waals surface area contributed by atoms with Crippen LogP contribution in [0.25, 0.3) is 0 Å². The topological polar surface area (TPSA) is 75.4 Å². The minimum Gasteiger partial charge on any atom is -0.392 e. The summed E-state index contributed by atoms with van der Waals surface area (Å²) in [6.07, 6.45) is 4.58. The molecule has 1 aromatic rings. The minimum absolute atomic E-state index is 0.00721. The summed E-state index contributed by atoms with van der Waals surface area (Å²) in [5, 5.41) is 24.6. The molecule has 5 nitrogen and oxygen atoms in total. The van der Waals surface area contributed by atoms with Gasteiger partial charge in [-0.05, 0) is 25.0 Å². The van der Waals surface area contributed by atoms with Crippen molar-refractivity contribution in [2.24, 2.45) is 0 Å². The first-order valence-corrected chi connectivity index (χ1v) is 7.30. The van der Waals surface area contributed by atoms with Gasteiger partial charge in [0.25, 0.3) is 5.69 Å². The Morgan fingerprint density at radius 1 is 1.35 bits per heavy atom. The average Bonchev–Trinajstić information content (AvgIpc) is 2.62. The maximum atomic E-state index is 11.0. The number of benzene rings is 1. The number of nitrogens with zero attached hydrogens (tertiary/aromatic N) is 1. The van der Waals surface area contributed by atoms with Gasteiger partial charge in [-0.15, -0.1) is 0 Å². The molecule has 2 unspecified atom stereocenters. The van der Waals surface area contributed by atoms with Crippen molar-refractivity contribution in [1.82, 2.24) is 5.32 Å². The Kier molecular flexibility index (Phi) is 5.34. The molecule has 0 aromatic heterocycles. The first-order chi connectivity index (χ1) is 9.58. The minimum atomic E-state index is -0.424. The van der Waals surface area contributed by atoms with Crippen LogP contribution < -0.4 is 5.32 Å². The van der Waals surface area contributed by atoms with Gasteiger partial charge in [0.05, 0.1) is 11.0 Å². The van der Waals surface area contributed by atoms with Gasteiger partial charge >= 0.3 is 0 Å². The Morgan fingerprint density at radius 2 is 2.10 bits per heavy atom. The molecule has 1 aliphatic rings. The molecule has 0 saturated heterocycles. The second-order valence-corrected chi connectivity index (χ2v) is 5.66. The molecule has 1 aliphatic carbocycles. The summed E-state index contributed by atoms with van der Waals surface area (Å²) in [5.41, 5.74) is 0.615. The van der Waals surface area contributed by atoms with Crippen LogP contribution in [-0.4, -0.2) is 22.2 Å². The maximum Gasteiger partial charge on any atom is 0.275 e. The molecule has 1 aromatic carbocycles. The van der Waals surface area contributed by atoms with Crippen LogP contribution in [0.15, 0.2) is 18.2 Å². The number of rotatable bonds is 4. The lowest BCUT2D eigenvalue weighted by Crippen LogP contribution is -2.38. The quantitative estimate of drug-likeness (QED) is 0.509. The fraction of sp³-hybridized carbons (Fsp3) is 0.571. The zero-order chi connectivity index (χ0) is 14.5. The molecule has 2 atom stereocenters. The van der Waals surface area contributed by atoms with Crippen molar-refractivity contribution in [3.05, 3.63) is 38.9 Å². The van der Waals surface area contributed by atoms with Crippen LogP contribution in [-0.2, 0) is 6.54 Å². The SMILES string of the molecule is O=[N+]([O-])c1cc(Cl)ccc1CNC1CCCCCC1O. The average molecular weight is 299 g/mol. The lowest BCUT2D eigenvalue weighted by atomic mass is 10.1. The molecule has 6 heteroatoms. The van der Waals surface area contributed by atoms with Crippen LogP contribution >= 0.6 is 11.6 Å². The van der Waals surface area contributed by atoms with E-state index < -0.39 is 4.92 Å². The molecule has 0 bridgehead atoms. The zero-order valence-electron chi connectivity index (χ0n) is 11.2. The van der Waals surface area contributed by atoms with E-state index in [1.807, 2.05) is 0 Å². The first-order valence-electron chi connectivity index (χ1n) is 6.92. The van der Waals surface area contributed by atoms with Crippen molar-refractivity contribution in [3.63, 3.8) is 0 Å². The van der Waals surface area contributed by atoms with Crippen molar-refractivity contribution in [3.8, 4) is 0 Å². The Bertz CT molecular complexity index is 481.